The van der Waals surface area contributed by atoms with E-state index in [2.05, 4.69) is 28.2 Å². The highest BCUT2D eigenvalue weighted by Gasteiger charge is 2.53. The summed E-state index contributed by atoms with van der Waals surface area (Å²) >= 11 is 3.18. The minimum atomic E-state index is -0.637. The number of phenols is 1. The number of carbonyl (C=O) groups excluding carboxylic acids is 2. The molecule has 4 aliphatic rings. The number of phenolic OH excluding ortho intramolecular Hbond substituents is 1. The smallest absolute Gasteiger partial charge is 0.338 e. The summed E-state index contributed by atoms with van der Waals surface area (Å²) in [5.41, 5.74) is 0.414. The third kappa shape index (κ3) is 3.98. The van der Waals surface area contributed by atoms with Crippen molar-refractivity contribution in [1.29, 1.82) is 0 Å². The summed E-state index contributed by atoms with van der Waals surface area (Å²) in [6, 6.07) is 2.92. The van der Waals surface area contributed by atoms with Crippen molar-refractivity contribution >= 4 is 27.8 Å². The third-order valence-corrected chi connectivity index (χ3v) is 7.80. The molecule has 0 aromatic heterocycles. The Bertz CT molecular complexity index is 788. The van der Waals surface area contributed by atoms with Gasteiger partial charge in [-0.2, -0.15) is 0 Å². The van der Waals surface area contributed by atoms with Gasteiger partial charge in [-0.1, -0.05) is 0 Å². The molecule has 4 aliphatic carbocycles. The van der Waals surface area contributed by atoms with E-state index in [1.54, 1.807) is 0 Å². The molecule has 1 amide bonds. The molecule has 1 aromatic carbocycles. The first-order chi connectivity index (χ1) is 13.8. The zero-order chi connectivity index (χ0) is 20.8. The molecule has 1 atom stereocenters. The maximum Gasteiger partial charge on any atom is 0.338 e. The predicted molar refractivity (Wildman–Crippen MR) is 111 cm³/mol. The monoisotopic (exact) mass is 465 g/mol. The van der Waals surface area contributed by atoms with Gasteiger partial charge in [0, 0.05) is 6.04 Å². The summed E-state index contributed by atoms with van der Waals surface area (Å²) in [7, 11) is 1.40. The summed E-state index contributed by atoms with van der Waals surface area (Å²) < 4.78 is 10.6. The van der Waals surface area contributed by atoms with Crippen LogP contribution in [0.3, 0.4) is 0 Å². The molecule has 0 saturated heterocycles. The molecule has 7 heteroatoms. The Morgan fingerprint density at radius 3 is 2.34 bits per heavy atom. The standard InChI is InChI=1S/C22H28BrNO5/c1-12(22-8-13-3-14(9-22)5-15(4-13)10-22)24-19(25)11-29-21(27)16-6-17(23)20(26)18(7-16)28-2/h6-7,12-15,26H,3-5,8-11H2,1-2H3,(H,24,25). The maximum atomic E-state index is 12.5. The highest BCUT2D eigenvalue weighted by Crippen LogP contribution is 2.61. The van der Waals surface area contributed by atoms with Gasteiger partial charge in [0.25, 0.3) is 5.91 Å². The number of ether oxygens (including phenoxy) is 2. The third-order valence-electron chi connectivity index (χ3n) is 7.20. The Kier molecular flexibility index (Phi) is 5.53. The highest BCUT2D eigenvalue weighted by atomic mass is 79.9. The molecular weight excluding hydrogens is 438 g/mol. The second kappa shape index (κ2) is 7.82. The highest BCUT2D eigenvalue weighted by molar-refractivity contribution is 9.10. The van der Waals surface area contributed by atoms with E-state index in [0.29, 0.717) is 4.47 Å². The first-order valence-corrected chi connectivity index (χ1v) is 11.1. The number of rotatable bonds is 6. The first kappa shape index (κ1) is 20.5. The Balaban J connectivity index is 1.33. The molecule has 4 saturated carbocycles. The Hall–Kier alpha value is -1.76. The molecule has 0 aliphatic heterocycles. The van der Waals surface area contributed by atoms with Crippen LogP contribution in [-0.4, -0.2) is 36.7 Å². The van der Waals surface area contributed by atoms with E-state index in [1.165, 1.54) is 57.8 Å². The summed E-state index contributed by atoms with van der Waals surface area (Å²) in [6.07, 6.45) is 7.72. The van der Waals surface area contributed by atoms with Crippen molar-refractivity contribution in [2.75, 3.05) is 13.7 Å². The van der Waals surface area contributed by atoms with Crippen LogP contribution in [0.1, 0.15) is 55.8 Å². The average Bonchev–Trinajstić information content (AvgIpc) is 2.67. The van der Waals surface area contributed by atoms with Crippen LogP contribution in [0.5, 0.6) is 11.5 Å². The molecule has 0 heterocycles. The lowest BCUT2D eigenvalue weighted by Gasteiger charge is -2.59. The van der Waals surface area contributed by atoms with Crippen molar-refractivity contribution in [2.24, 2.45) is 23.2 Å². The average molecular weight is 466 g/mol. The van der Waals surface area contributed by atoms with Gasteiger partial charge in [0.2, 0.25) is 0 Å². The summed E-state index contributed by atoms with van der Waals surface area (Å²) in [5.74, 6) is 1.62. The lowest BCUT2D eigenvalue weighted by molar-refractivity contribution is -0.128. The fourth-order valence-corrected chi connectivity index (χ4v) is 6.65. The molecule has 29 heavy (non-hydrogen) atoms. The number of amides is 1. The molecule has 1 unspecified atom stereocenters. The van der Waals surface area contributed by atoms with Crippen LogP contribution in [0.15, 0.2) is 16.6 Å². The van der Waals surface area contributed by atoms with Crippen LogP contribution in [0, 0.1) is 23.2 Å². The fourth-order valence-electron chi connectivity index (χ4n) is 6.21. The normalized spacial score (nSPS) is 30.7. The molecule has 2 N–H and O–H groups in total. The number of hydrogen-bond acceptors (Lipinski definition) is 5. The molecule has 5 rings (SSSR count). The van der Waals surface area contributed by atoms with Gasteiger partial charge in [-0.05, 0) is 96.7 Å². The summed E-state index contributed by atoms with van der Waals surface area (Å²) in [4.78, 5) is 24.8. The summed E-state index contributed by atoms with van der Waals surface area (Å²) in [6.45, 7) is 1.78. The topological polar surface area (TPSA) is 84.9 Å². The Labute approximate surface area is 179 Å². The van der Waals surface area contributed by atoms with Gasteiger partial charge < -0.3 is 19.9 Å². The number of esters is 1. The van der Waals surface area contributed by atoms with Gasteiger partial charge in [0.15, 0.2) is 18.1 Å². The van der Waals surface area contributed by atoms with Crippen LogP contribution in [0.2, 0.25) is 0 Å². The van der Waals surface area contributed by atoms with Gasteiger partial charge >= 0.3 is 5.97 Å². The zero-order valence-corrected chi connectivity index (χ0v) is 18.5. The van der Waals surface area contributed by atoms with E-state index in [9.17, 15) is 14.7 Å². The SMILES string of the molecule is COc1cc(C(=O)OCC(=O)NC(C)C23CC4CC(CC(C4)C2)C3)cc(Br)c1O. The van der Waals surface area contributed by atoms with Crippen LogP contribution in [0.4, 0.5) is 0 Å². The van der Waals surface area contributed by atoms with Crippen molar-refractivity contribution in [2.45, 2.75) is 51.5 Å². The van der Waals surface area contributed by atoms with Gasteiger partial charge in [0.05, 0.1) is 17.1 Å². The molecule has 0 radical (unpaired) electrons. The van der Waals surface area contributed by atoms with Crippen LogP contribution in [0.25, 0.3) is 0 Å². The van der Waals surface area contributed by atoms with E-state index in [4.69, 9.17) is 9.47 Å². The number of aromatic hydroxyl groups is 1. The van der Waals surface area contributed by atoms with Gasteiger partial charge in [-0.25, -0.2) is 4.79 Å². The molecule has 0 spiro atoms. The predicted octanol–water partition coefficient (Wildman–Crippen LogP) is 4.04. The van der Waals surface area contributed by atoms with Crippen molar-refractivity contribution < 1.29 is 24.2 Å². The van der Waals surface area contributed by atoms with E-state index < -0.39 is 5.97 Å². The molecule has 4 bridgehead atoms. The number of benzene rings is 1. The van der Waals surface area contributed by atoms with Crippen molar-refractivity contribution in [3.63, 3.8) is 0 Å². The lowest BCUT2D eigenvalue weighted by Crippen LogP contribution is -2.56. The second-order valence-corrected chi connectivity index (χ2v) is 10.0. The Morgan fingerprint density at radius 2 is 1.79 bits per heavy atom. The molecular formula is C22H28BrNO5. The number of carbonyl (C=O) groups is 2. The number of methoxy groups -OCH3 is 1. The second-order valence-electron chi connectivity index (χ2n) is 9.15. The van der Waals surface area contributed by atoms with Gasteiger partial charge in [-0.3, -0.25) is 4.79 Å². The summed E-state index contributed by atoms with van der Waals surface area (Å²) in [5, 5.41) is 12.9. The number of halogens is 1. The minimum Gasteiger partial charge on any atom is -0.503 e. The quantitative estimate of drug-likeness (QED) is 0.619. The van der Waals surface area contributed by atoms with Crippen molar-refractivity contribution in [1.82, 2.24) is 5.32 Å². The Morgan fingerprint density at radius 1 is 1.21 bits per heavy atom. The number of hydrogen-bond donors (Lipinski definition) is 2. The van der Waals surface area contributed by atoms with Crippen LogP contribution < -0.4 is 10.1 Å². The van der Waals surface area contributed by atoms with Gasteiger partial charge in [0.1, 0.15) is 0 Å². The van der Waals surface area contributed by atoms with E-state index in [1.807, 2.05) is 0 Å². The fraction of sp³-hybridized carbons (Fsp3) is 0.636. The largest absolute Gasteiger partial charge is 0.503 e. The van der Waals surface area contributed by atoms with Crippen molar-refractivity contribution in [3.8, 4) is 11.5 Å². The molecule has 1 aromatic rings. The molecule has 4 fully saturated rings. The lowest BCUT2D eigenvalue weighted by atomic mass is 9.48. The van der Waals surface area contributed by atoms with E-state index in [-0.39, 0.29) is 41.0 Å². The van der Waals surface area contributed by atoms with Crippen LogP contribution in [-0.2, 0) is 9.53 Å². The zero-order valence-electron chi connectivity index (χ0n) is 16.9. The van der Waals surface area contributed by atoms with E-state index in [0.717, 1.165) is 17.8 Å². The first-order valence-electron chi connectivity index (χ1n) is 10.3. The minimum absolute atomic E-state index is 0.0880. The molecule has 6 nitrogen and oxygen atoms in total. The number of nitrogens with one attached hydrogen (secondary N) is 1. The maximum absolute atomic E-state index is 12.5. The van der Waals surface area contributed by atoms with Crippen molar-refractivity contribution in [3.05, 3.63) is 22.2 Å². The van der Waals surface area contributed by atoms with E-state index >= 15 is 0 Å². The molecule has 158 valence electrons. The van der Waals surface area contributed by atoms with Crippen LogP contribution >= 0.6 is 15.9 Å². The van der Waals surface area contributed by atoms with Gasteiger partial charge in [-0.15, -0.1) is 0 Å².